The first-order valence-corrected chi connectivity index (χ1v) is 8.43. The van der Waals surface area contributed by atoms with Crippen LogP contribution < -0.4 is 10.9 Å². The highest BCUT2D eigenvalue weighted by Gasteiger charge is 2.22. The first kappa shape index (κ1) is 15.5. The van der Waals surface area contributed by atoms with Gasteiger partial charge in [0, 0.05) is 42.6 Å². The van der Waals surface area contributed by atoms with Gasteiger partial charge in [-0.2, -0.15) is 0 Å². The quantitative estimate of drug-likeness (QED) is 0.791. The molecule has 0 fully saturated rings. The SMILES string of the molecule is O=c1ccc2c(n1Cc1cccnc1)CCC(Nc1ncccn1)C2. The number of hydrogen-bond donors (Lipinski definition) is 1. The molecule has 25 heavy (non-hydrogen) atoms. The highest BCUT2D eigenvalue weighted by Crippen LogP contribution is 2.22. The van der Waals surface area contributed by atoms with E-state index in [1.807, 2.05) is 29.0 Å². The molecule has 3 aromatic rings. The van der Waals surface area contributed by atoms with Crippen LogP contribution in [0.3, 0.4) is 0 Å². The van der Waals surface area contributed by atoms with Crippen LogP contribution in [0.1, 0.15) is 23.2 Å². The summed E-state index contributed by atoms with van der Waals surface area (Å²) in [4.78, 5) is 25.0. The Labute approximate surface area is 145 Å². The first-order chi connectivity index (χ1) is 12.3. The van der Waals surface area contributed by atoms with Crippen molar-refractivity contribution in [1.29, 1.82) is 0 Å². The van der Waals surface area contributed by atoms with Crippen LogP contribution in [0.4, 0.5) is 5.95 Å². The summed E-state index contributed by atoms with van der Waals surface area (Å²) in [6.07, 6.45) is 9.69. The van der Waals surface area contributed by atoms with Gasteiger partial charge in [0.05, 0.1) is 6.54 Å². The third-order valence-corrected chi connectivity index (χ3v) is 4.55. The lowest BCUT2D eigenvalue weighted by molar-refractivity contribution is 0.557. The van der Waals surface area contributed by atoms with E-state index in [1.54, 1.807) is 30.7 Å². The van der Waals surface area contributed by atoms with Gasteiger partial charge in [0.1, 0.15) is 0 Å². The molecule has 1 aliphatic carbocycles. The molecule has 0 bridgehead atoms. The number of hydrogen-bond acceptors (Lipinski definition) is 5. The van der Waals surface area contributed by atoms with Crippen LogP contribution in [0.5, 0.6) is 0 Å². The molecule has 1 aliphatic rings. The molecule has 0 spiro atoms. The van der Waals surface area contributed by atoms with Crippen LogP contribution in [0.2, 0.25) is 0 Å². The van der Waals surface area contributed by atoms with Gasteiger partial charge in [-0.1, -0.05) is 12.1 Å². The van der Waals surface area contributed by atoms with E-state index < -0.39 is 0 Å². The van der Waals surface area contributed by atoms with E-state index in [0.717, 1.165) is 30.5 Å². The molecule has 1 N–H and O–H groups in total. The minimum Gasteiger partial charge on any atom is -0.351 e. The molecule has 0 saturated heterocycles. The number of aromatic nitrogens is 4. The fourth-order valence-electron chi connectivity index (χ4n) is 3.35. The van der Waals surface area contributed by atoms with E-state index >= 15 is 0 Å². The minimum absolute atomic E-state index is 0.0420. The Balaban J connectivity index is 1.57. The zero-order chi connectivity index (χ0) is 17.1. The standard InChI is InChI=1S/C19H19N5O/c25-18-7-4-15-11-16(23-19-21-9-2-10-22-19)5-6-17(15)24(18)13-14-3-1-8-20-12-14/h1-4,7-10,12,16H,5-6,11,13H2,(H,21,22,23). The smallest absolute Gasteiger partial charge is 0.251 e. The summed E-state index contributed by atoms with van der Waals surface area (Å²) in [6.45, 7) is 0.565. The maximum atomic E-state index is 12.4. The predicted octanol–water partition coefficient (Wildman–Crippen LogP) is 2.05. The van der Waals surface area contributed by atoms with Crippen LogP contribution >= 0.6 is 0 Å². The maximum absolute atomic E-state index is 12.4. The van der Waals surface area contributed by atoms with Crippen molar-refractivity contribution in [3.63, 3.8) is 0 Å². The molecule has 3 heterocycles. The van der Waals surface area contributed by atoms with Crippen molar-refractivity contribution >= 4 is 5.95 Å². The summed E-state index contributed by atoms with van der Waals surface area (Å²) >= 11 is 0. The second kappa shape index (κ2) is 6.84. The molecule has 1 unspecified atom stereocenters. The zero-order valence-corrected chi connectivity index (χ0v) is 13.8. The Morgan fingerprint density at radius 1 is 1.12 bits per heavy atom. The third-order valence-electron chi connectivity index (χ3n) is 4.55. The average Bonchev–Trinajstić information content (AvgIpc) is 2.66. The summed E-state index contributed by atoms with van der Waals surface area (Å²) in [6, 6.07) is 9.60. The van der Waals surface area contributed by atoms with E-state index in [2.05, 4.69) is 20.3 Å². The maximum Gasteiger partial charge on any atom is 0.251 e. The minimum atomic E-state index is 0.0420. The van der Waals surface area contributed by atoms with Crippen LogP contribution in [0, 0.1) is 0 Å². The Kier molecular flexibility index (Phi) is 4.24. The van der Waals surface area contributed by atoms with Crippen molar-refractivity contribution in [2.45, 2.75) is 31.8 Å². The molecule has 1 atom stereocenters. The van der Waals surface area contributed by atoms with E-state index in [0.29, 0.717) is 12.5 Å². The van der Waals surface area contributed by atoms with E-state index in [-0.39, 0.29) is 11.6 Å². The van der Waals surface area contributed by atoms with Gasteiger partial charge in [0.2, 0.25) is 5.95 Å². The van der Waals surface area contributed by atoms with Crippen molar-refractivity contribution in [3.05, 3.63) is 82.3 Å². The number of nitrogens with zero attached hydrogens (tertiary/aromatic N) is 4. The molecule has 6 nitrogen and oxygen atoms in total. The van der Waals surface area contributed by atoms with Crippen molar-refractivity contribution < 1.29 is 0 Å². The first-order valence-electron chi connectivity index (χ1n) is 8.43. The lowest BCUT2D eigenvalue weighted by Gasteiger charge is -2.27. The second-order valence-electron chi connectivity index (χ2n) is 6.25. The number of rotatable bonds is 4. The molecule has 0 aromatic carbocycles. The van der Waals surface area contributed by atoms with Gasteiger partial charge >= 0.3 is 0 Å². The molecule has 0 saturated carbocycles. The van der Waals surface area contributed by atoms with Crippen molar-refractivity contribution in [2.24, 2.45) is 0 Å². The second-order valence-corrected chi connectivity index (χ2v) is 6.25. The lowest BCUT2D eigenvalue weighted by Crippen LogP contribution is -2.33. The average molecular weight is 333 g/mol. The van der Waals surface area contributed by atoms with Crippen LogP contribution in [-0.4, -0.2) is 25.6 Å². The van der Waals surface area contributed by atoms with E-state index in [1.165, 1.54) is 5.56 Å². The molecular weight excluding hydrogens is 314 g/mol. The summed E-state index contributed by atoms with van der Waals surface area (Å²) in [7, 11) is 0. The van der Waals surface area contributed by atoms with Gasteiger partial charge in [-0.15, -0.1) is 0 Å². The van der Waals surface area contributed by atoms with Gasteiger partial charge in [-0.25, -0.2) is 9.97 Å². The Morgan fingerprint density at radius 3 is 2.80 bits per heavy atom. The summed E-state index contributed by atoms with van der Waals surface area (Å²) in [5.41, 5.74) is 3.42. The van der Waals surface area contributed by atoms with Crippen molar-refractivity contribution in [2.75, 3.05) is 5.32 Å². The topological polar surface area (TPSA) is 72.7 Å². The van der Waals surface area contributed by atoms with Crippen molar-refractivity contribution in [1.82, 2.24) is 19.5 Å². The molecule has 0 radical (unpaired) electrons. The van der Waals surface area contributed by atoms with Gasteiger partial charge < -0.3 is 9.88 Å². The molecule has 4 rings (SSSR count). The van der Waals surface area contributed by atoms with Crippen LogP contribution in [0.25, 0.3) is 0 Å². The summed E-state index contributed by atoms with van der Waals surface area (Å²) in [5.74, 6) is 0.652. The van der Waals surface area contributed by atoms with Crippen LogP contribution in [-0.2, 0) is 19.4 Å². The Hall–Kier alpha value is -3.02. The Bertz CT molecular complexity index is 908. The third kappa shape index (κ3) is 3.42. The van der Waals surface area contributed by atoms with Gasteiger partial charge in [0.15, 0.2) is 0 Å². The highest BCUT2D eigenvalue weighted by molar-refractivity contribution is 5.32. The summed E-state index contributed by atoms with van der Waals surface area (Å²) < 4.78 is 1.88. The Morgan fingerprint density at radius 2 is 2.00 bits per heavy atom. The lowest BCUT2D eigenvalue weighted by atomic mass is 9.91. The highest BCUT2D eigenvalue weighted by atomic mass is 16.1. The molecular formula is C19H19N5O. The predicted molar refractivity (Wildman–Crippen MR) is 95.5 cm³/mol. The van der Waals surface area contributed by atoms with E-state index in [4.69, 9.17) is 0 Å². The fourth-order valence-corrected chi connectivity index (χ4v) is 3.35. The number of nitrogens with one attached hydrogen (secondary N) is 1. The molecule has 126 valence electrons. The number of fused-ring (bicyclic) bond motifs is 1. The molecule has 6 heteroatoms. The van der Waals surface area contributed by atoms with Gasteiger partial charge in [-0.05, 0) is 42.5 Å². The number of pyridine rings is 2. The van der Waals surface area contributed by atoms with Crippen LogP contribution in [0.15, 0.2) is 59.9 Å². The van der Waals surface area contributed by atoms with Gasteiger partial charge in [-0.3, -0.25) is 9.78 Å². The zero-order valence-electron chi connectivity index (χ0n) is 13.8. The fraction of sp³-hybridized carbons (Fsp3) is 0.263. The normalized spacial score (nSPS) is 16.2. The van der Waals surface area contributed by atoms with Crippen molar-refractivity contribution in [3.8, 4) is 0 Å². The largest absolute Gasteiger partial charge is 0.351 e. The van der Waals surface area contributed by atoms with Gasteiger partial charge in [0.25, 0.3) is 5.56 Å². The summed E-state index contributed by atoms with van der Waals surface area (Å²) in [5, 5.41) is 3.39. The molecule has 3 aromatic heterocycles. The molecule has 0 aliphatic heterocycles. The monoisotopic (exact) mass is 333 g/mol. The molecule has 0 amide bonds. The number of anilines is 1. The van der Waals surface area contributed by atoms with E-state index in [9.17, 15) is 4.79 Å².